The Balaban J connectivity index is 1.85. The zero-order valence-corrected chi connectivity index (χ0v) is 14.9. The highest BCUT2D eigenvalue weighted by Gasteiger charge is 2.19. The van der Waals surface area contributed by atoms with Gasteiger partial charge in [-0.15, -0.1) is 0 Å². The lowest BCUT2D eigenvalue weighted by molar-refractivity contribution is 0.152. The lowest BCUT2D eigenvalue weighted by Crippen LogP contribution is -2.38. The second-order valence-corrected chi connectivity index (χ2v) is 6.83. The SMILES string of the molecule is CC(O)CCNC(=O)NCc1ccccc1CN1CCCCC1C. The zero-order chi connectivity index (χ0) is 17.4. The average Bonchev–Trinajstić information content (AvgIpc) is 2.56. The van der Waals surface area contributed by atoms with Gasteiger partial charge >= 0.3 is 6.03 Å². The summed E-state index contributed by atoms with van der Waals surface area (Å²) in [5.41, 5.74) is 2.46. The first-order valence-corrected chi connectivity index (χ1v) is 9.07. The summed E-state index contributed by atoms with van der Waals surface area (Å²) >= 11 is 0. The Bertz CT molecular complexity index is 519. The average molecular weight is 333 g/mol. The van der Waals surface area contributed by atoms with Crippen molar-refractivity contribution >= 4 is 6.03 Å². The number of hydrogen-bond donors (Lipinski definition) is 3. The first-order valence-electron chi connectivity index (χ1n) is 9.07. The molecule has 24 heavy (non-hydrogen) atoms. The van der Waals surface area contributed by atoms with Crippen LogP contribution in [0, 0.1) is 0 Å². The number of hydrogen-bond acceptors (Lipinski definition) is 3. The number of nitrogens with one attached hydrogen (secondary N) is 2. The summed E-state index contributed by atoms with van der Waals surface area (Å²) in [7, 11) is 0. The molecule has 0 spiro atoms. The van der Waals surface area contributed by atoms with Gasteiger partial charge in [-0.3, -0.25) is 4.90 Å². The van der Waals surface area contributed by atoms with Gasteiger partial charge in [-0.25, -0.2) is 4.79 Å². The molecule has 1 fully saturated rings. The third-order valence-corrected chi connectivity index (χ3v) is 4.72. The molecule has 2 atom stereocenters. The minimum atomic E-state index is -0.391. The molecule has 0 aliphatic carbocycles. The van der Waals surface area contributed by atoms with Crippen LogP contribution in [0.1, 0.15) is 50.7 Å². The number of likely N-dealkylation sites (tertiary alicyclic amines) is 1. The normalized spacial score (nSPS) is 19.7. The molecule has 3 N–H and O–H groups in total. The lowest BCUT2D eigenvalue weighted by Gasteiger charge is -2.33. The van der Waals surface area contributed by atoms with E-state index in [0.717, 1.165) is 13.1 Å². The van der Waals surface area contributed by atoms with E-state index in [1.807, 2.05) is 6.07 Å². The van der Waals surface area contributed by atoms with Crippen molar-refractivity contribution in [1.82, 2.24) is 15.5 Å². The van der Waals surface area contributed by atoms with E-state index in [9.17, 15) is 9.90 Å². The molecule has 5 heteroatoms. The first kappa shape index (κ1) is 18.7. The highest BCUT2D eigenvalue weighted by atomic mass is 16.3. The van der Waals surface area contributed by atoms with E-state index < -0.39 is 6.10 Å². The predicted molar refractivity (Wildman–Crippen MR) is 96.7 cm³/mol. The summed E-state index contributed by atoms with van der Waals surface area (Å²) in [6.07, 6.45) is 4.05. The van der Waals surface area contributed by atoms with Crippen LogP contribution in [0.4, 0.5) is 4.79 Å². The number of carbonyl (C=O) groups excluding carboxylic acids is 1. The summed E-state index contributed by atoms with van der Waals surface area (Å²) in [4.78, 5) is 14.4. The summed E-state index contributed by atoms with van der Waals surface area (Å²) in [6.45, 7) is 7.13. The van der Waals surface area contributed by atoms with Crippen molar-refractivity contribution < 1.29 is 9.90 Å². The van der Waals surface area contributed by atoms with Crippen LogP contribution in [0.2, 0.25) is 0 Å². The molecule has 0 bridgehead atoms. The quantitative estimate of drug-likeness (QED) is 0.719. The molecule has 2 rings (SSSR count). The molecule has 0 aromatic heterocycles. The first-order chi connectivity index (χ1) is 11.6. The number of nitrogens with zero attached hydrogens (tertiary/aromatic N) is 1. The van der Waals surface area contributed by atoms with Crippen LogP contribution in [0.3, 0.4) is 0 Å². The summed E-state index contributed by atoms with van der Waals surface area (Å²) < 4.78 is 0. The Morgan fingerprint density at radius 1 is 1.29 bits per heavy atom. The maximum Gasteiger partial charge on any atom is 0.315 e. The fourth-order valence-electron chi connectivity index (χ4n) is 3.13. The molecular formula is C19H31N3O2. The molecule has 0 radical (unpaired) electrons. The molecule has 1 heterocycles. The summed E-state index contributed by atoms with van der Waals surface area (Å²) in [6, 6.07) is 8.77. The smallest absolute Gasteiger partial charge is 0.315 e. The van der Waals surface area contributed by atoms with Crippen LogP contribution < -0.4 is 10.6 Å². The van der Waals surface area contributed by atoms with Crippen molar-refractivity contribution in [1.29, 1.82) is 0 Å². The maximum atomic E-state index is 11.8. The van der Waals surface area contributed by atoms with Crippen molar-refractivity contribution in [2.75, 3.05) is 13.1 Å². The second kappa shape index (κ2) is 9.64. The standard InChI is InChI=1S/C19H31N3O2/c1-15-7-5-6-12-22(15)14-18-9-4-3-8-17(18)13-21-19(24)20-11-10-16(2)23/h3-4,8-9,15-16,23H,5-7,10-14H2,1-2H3,(H2,20,21,24). The van der Waals surface area contributed by atoms with Crippen molar-refractivity contribution in [3.8, 4) is 0 Å². The Kier molecular flexibility index (Phi) is 7.53. The largest absolute Gasteiger partial charge is 0.393 e. The van der Waals surface area contributed by atoms with Crippen molar-refractivity contribution in [2.45, 2.75) is 64.8 Å². The van der Waals surface area contributed by atoms with Gasteiger partial charge < -0.3 is 15.7 Å². The van der Waals surface area contributed by atoms with E-state index in [0.29, 0.717) is 25.6 Å². The van der Waals surface area contributed by atoms with Crippen LogP contribution in [-0.2, 0) is 13.1 Å². The van der Waals surface area contributed by atoms with Crippen molar-refractivity contribution in [2.24, 2.45) is 0 Å². The van der Waals surface area contributed by atoms with Gasteiger partial charge in [0.2, 0.25) is 0 Å². The van der Waals surface area contributed by atoms with Gasteiger partial charge in [-0.05, 0) is 50.8 Å². The molecule has 2 unspecified atom stereocenters. The van der Waals surface area contributed by atoms with E-state index in [1.54, 1.807) is 6.92 Å². The van der Waals surface area contributed by atoms with Crippen LogP contribution in [-0.4, -0.2) is 41.3 Å². The third kappa shape index (κ3) is 6.13. The van der Waals surface area contributed by atoms with Gasteiger partial charge in [-0.1, -0.05) is 30.7 Å². The summed E-state index contributed by atoms with van der Waals surface area (Å²) in [5, 5.41) is 14.9. The number of aliphatic hydroxyl groups is 1. The van der Waals surface area contributed by atoms with Crippen molar-refractivity contribution in [3.05, 3.63) is 35.4 Å². The number of piperidine rings is 1. The molecule has 5 nitrogen and oxygen atoms in total. The molecule has 1 aromatic carbocycles. The summed E-state index contributed by atoms with van der Waals surface area (Å²) in [5.74, 6) is 0. The van der Waals surface area contributed by atoms with Crippen LogP contribution in [0.25, 0.3) is 0 Å². The van der Waals surface area contributed by atoms with E-state index in [-0.39, 0.29) is 6.03 Å². The Morgan fingerprint density at radius 3 is 2.75 bits per heavy atom. The minimum absolute atomic E-state index is 0.184. The molecule has 134 valence electrons. The maximum absolute atomic E-state index is 11.8. The zero-order valence-electron chi connectivity index (χ0n) is 14.9. The Hall–Kier alpha value is -1.59. The Labute approximate surface area is 145 Å². The van der Waals surface area contributed by atoms with E-state index in [4.69, 9.17) is 0 Å². The fourth-order valence-corrected chi connectivity index (χ4v) is 3.13. The van der Waals surface area contributed by atoms with Gasteiger partial charge in [0.05, 0.1) is 6.10 Å². The molecule has 1 aliphatic heterocycles. The minimum Gasteiger partial charge on any atom is -0.393 e. The highest BCUT2D eigenvalue weighted by Crippen LogP contribution is 2.20. The number of benzene rings is 1. The van der Waals surface area contributed by atoms with Crippen molar-refractivity contribution in [3.63, 3.8) is 0 Å². The van der Waals surface area contributed by atoms with Crippen LogP contribution >= 0.6 is 0 Å². The number of aliphatic hydroxyl groups excluding tert-OH is 1. The predicted octanol–water partition coefficient (Wildman–Crippen LogP) is 2.63. The van der Waals surface area contributed by atoms with Crippen LogP contribution in [0.15, 0.2) is 24.3 Å². The Morgan fingerprint density at radius 2 is 2.04 bits per heavy atom. The monoisotopic (exact) mass is 333 g/mol. The van der Waals surface area contributed by atoms with E-state index in [1.165, 1.54) is 30.4 Å². The molecule has 1 aliphatic rings. The second-order valence-electron chi connectivity index (χ2n) is 6.83. The van der Waals surface area contributed by atoms with E-state index in [2.05, 4.69) is 40.7 Å². The van der Waals surface area contributed by atoms with Gasteiger partial charge in [0.25, 0.3) is 0 Å². The number of urea groups is 1. The molecule has 1 saturated heterocycles. The lowest BCUT2D eigenvalue weighted by atomic mass is 10.0. The van der Waals surface area contributed by atoms with Gasteiger partial charge in [0.15, 0.2) is 0 Å². The molecule has 0 saturated carbocycles. The van der Waals surface area contributed by atoms with Gasteiger partial charge in [-0.2, -0.15) is 0 Å². The fraction of sp³-hybridized carbons (Fsp3) is 0.632. The van der Waals surface area contributed by atoms with Gasteiger partial charge in [0, 0.05) is 25.7 Å². The topological polar surface area (TPSA) is 64.6 Å². The third-order valence-electron chi connectivity index (χ3n) is 4.72. The number of rotatable bonds is 7. The molecular weight excluding hydrogens is 302 g/mol. The number of carbonyl (C=O) groups is 1. The molecule has 2 amide bonds. The van der Waals surface area contributed by atoms with Crippen LogP contribution in [0.5, 0.6) is 0 Å². The highest BCUT2D eigenvalue weighted by molar-refractivity contribution is 5.73. The van der Waals surface area contributed by atoms with E-state index >= 15 is 0 Å². The number of amides is 2. The van der Waals surface area contributed by atoms with Gasteiger partial charge in [0.1, 0.15) is 0 Å². The molecule has 1 aromatic rings.